The molecule has 0 aliphatic carbocycles. The van der Waals surface area contributed by atoms with Crippen LogP contribution in [-0.4, -0.2) is 46.1 Å². The highest BCUT2D eigenvalue weighted by Crippen LogP contribution is 2.32. The van der Waals surface area contributed by atoms with Gasteiger partial charge in [-0.2, -0.15) is 0 Å². The quantitative estimate of drug-likeness (QED) is 0.794. The van der Waals surface area contributed by atoms with Crippen molar-refractivity contribution in [2.45, 2.75) is 28.7 Å². The van der Waals surface area contributed by atoms with E-state index >= 15 is 0 Å². The van der Waals surface area contributed by atoms with Crippen LogP contribution >= 0.6 is 11.3 Å². The third-order valence-electron chi connectivity index (χ3n) is 4.72. The van der Waals surface area contributed by atoms with E-state index in [1.54, 1.807) is 53.8 Å². The van der Waals surface area contributed by atoms with Gasteiger partial charge in [0.25, 0.3) is 0 Å². The summed E-state index contributed by atoms with van der Waals surface area (Å²) in [6.45, 7) is 1.47. The summed E-state index contributed by atoms with van der Waals surface area (Å²) in [5, 5.41) is 3.72. The lowest BCUT2D eigenvalue weighted by Gasteiger charge is -2.28. The Morgan fingerprint density at radius 1 is 1.19 bits per heavy atom. The van der Waals surface area contributed by atoms with Gasteiger partial charge in [-0.15, -0.1) is 11.3 Å². The van der Waals surface area contributed by atoms with Crippen LogP contribution in [-0.2, 0) is 9.84 Å². The van der Waals surface area contributed by atoms with Gasteiger partial charge < -0.3 is 15.0 Å². The second kappa shape index (κ2) is 8.75. The number of urea groups is 1. The largest absolute Gasteiger partial charge is 0.497 e. The summed E-state index contributed by atoms with van der Waals surface area (Å²) >= 11 is 1.19. The molecule has 1 aromatic heterocycles. The number of nitrogens with one attached hydrogen (secondary N) is 1. The van der Waals surface area contributed by atoms with E-state index in [-0.39, 0.29) is 12.6 Å². The molecule has 0 saturated carbocycles. The zero-order chi connectivity index (χ0) is 19.3. The highest BCUT2D eigenvalue weighted by atomic mass is 32.2. The molecule has 1 aliphatic heterocycles. The molecule has 27 heavy (non-hydrogen) atoms. The molecule has 2 aromatic rings. The van der Waals surface area contributed by atoms with Gasteiger partial charge in [-0.25, -0.2) is 13.2 Å². The monoisotopic (exact) mass is 408 g/mol. The summed E-state index contributed by atoms with van der Waals surface area (Å²) in [4.78, 5) is 14.2. The fraction of sp³-hybridized carbons (Fsp3) is 0.421. The van der Waals surface area contributed by atoms with E-state index in [4.69, 9.17) is 4.74 Å². The molecule has 0 spiro atoms. The van der Waals surface area contributed by atoms with Crippen LogP contribution in [0, 0.1) is 0 Å². The number of nitrogens with zero attached hydrogens (tertiary/aromatic N) is 1. The van der Waals surface area contributed by atoms with Gasteiger partial charge in [0.05, 0.1) is 7.11 Å². The third-order valence-corrected chi connectivity index (χ3v) is 8.25. The lowest BCUT2D eigenvalue weighted by Crippen LogP contribution is -2.44. The number of rotatable bonds is 6. The molecule has 1 fully saturated rings. The summed E-state index contributed by atoms with van der Waals surface area (Å²) in [5.74, 6) is 0.656. The number of hydrogen-bond donors (Lipinski definition) is 1. The number of carbonyl (C=O) groups is 1. The number of likely N-dealkylation sites (tertiary alicyclic amines) is 1. The van der Waals surface area contributed by atoms with Gasteiger partial charge in [0.2, 0.25) is 0 Å². The third kappa shape index (κ3) is 4.62. The first-order valence-corrected chi connectivity index (χ1v) is 11.4. The number of ether oxygens (including phenoxy) is 1. The Balaban J connectivity index is 1.82. The Morgan fingerprint density at radius 2 is 1.89 bits per heavy atom. The van der Waals surface area contributed by atoms with E-state index in [1.165, 1.54) is 11.3 Å². The Morgan fingerprint density at radius 3 is 2.48 bits per heavy atom. The van der Waals surface area contributed by atoms with Gasteiger partial charge in [0.15, 0.2) is 9.84 Å². The maximum Gasteiger partial charge on any atom is 0.317 e. The van der Waals surface area contributed by atoms with Gasteiger partial charge in [-0.1, -0.05) is 18.2 Å². The number of piperidine rings is 1. The van der Waals surface area contributed by atoms with Crippen LogP contribution in [0.1, 0.15) is 30.1 Å². The Kier molecular flexibility index (Phi) is 6.38. The van der Waals surface area contributed by atoms with Crippen molar-refractivity contribution >= 4 is 27.2 Å². The van der Waals surface area contributed by atoms with Gasteiger partial charge in [-0.05, 0) is 48.4 Å². The smallest absolute Gasteiger partial charge is 0.317 e. The number of benzene rings is 1. The van der Waals surface area contributed by atoms with Crippen LogP contribution in [0.15, 0.2) is 46.0 Å². The molecule has 146 valence electrons. The van der Waals surface area contributed by atoms with Crippen molar-refractivity contribution < 1.29 is 17.9 Å². The van der Waals surface area contributed by atoms with Crippen LogP contribution in [0.2, 0.25) is 0 Å². The van der Waals surface area contributed by atoms with Crippen molar-refractivity contribution in [3.63, 3.8) is 0 Å². The summed E-state index contributed by atoms with van der Waals surface area (Å²) in [6, 6.07) is 10.1. The lowest BCUT2D eigenvalue weighted by molar-refractivity contribution is 0.186. The van der Waals surface area contributed by atoms with Crippen LogP contribution < -0.4 is 10.1 Å². The van der Waals surface area contributed by atoms with Crippen molar-refractivity contribution in [3.05, 3.63) is 47.3 Å². The Labute approximate surface area is 164 Å². The van der Waals surface area contributed by atoms with Crippen LogP contribution in [0.4, 0.5) is 4.79 Å². The minimum atomic E-state index is -3.61. The molecule has 6 nitrogen and oxygen atoms in total. The molecular formula is C19H24N2O4S2. The minimum absolute atomic E-state index is 0.0297. The molecule has 1 saturated heterocycles. The predicted octanol–water partition coefficient (Wildman–Crippen LogP) is 3.47. The summed E-state index contributed by atoms with van der Waals surface area (Å²) in [6.07, 6.45) is 3.11. The molecule has 0 radical (unpaired) electrons. The number of methoxy groups -OCH3 is 1. The van der Waals surface area contributed by atoms with Gasteiger partial charge >= 0.3 is 6.03 Å². The van der Waals surface area contributed by atoms with Crippen molar-refractivity contribution in [1.29, 1.82) is 0 Å². The van der Waals surface area contributed by atoms with Crippen LogP contribution in [0.3, 0.4) is 0 Å². The molecule has 1 atom stereocenters. The first kappa shape index (κ1) is 19.7. The molecule has 2 heterocycles. The van der Waals surface area contributed by atoms with Crippen molar-refractivity contribution in [2.24, 2.45) is 0 Å². The van der Waals surface area contributed by atoms with E-state index in [2.05, 4.69) is 5.32 Å². The number of sulfone groups is 1. The first-order valence-electron chi connectivity index (χ1n) is 8.96. The van der Waals surface area contributed by atoms with Crippen LogP contribution in [0.25, 0.3) is 0 Å². The van der Waals surface area contributed by atoms with Gasteiger partial charge in [0.1, 0.15) is 15.2 Å². The van der Waals surface area contributed by atoms with Gasteiger partial charge in [0, 0.05) is 19.6 Å². The standard InChI is InChI=1S/C19H24N2O4S2/c1-25-16-9-7-15(8-10-16)17(27(23,24)18-6-5-13-26-18)14-20-19(22)21-11-3-2-4-12-21/h5-10,13,17H,2-4,11-12,14H2,1H3,(H,20,22)/t17-/m1/s1. The SMILES string of the molecule is COc1ccc([C@@H](CNC(=O)N2CCCCC2)S(=O)(=O)c2cccs2)cc1. The Hall–Kier alpha value is -2.06. The highest BCUT2D eigenvalue weighted by Gasteiger charge is 2.31. The number of thiophene rings is 1. The van der Waals surface area contributed by atoms with E-state index in [0.29, 0.717) is 15.5 Å². The van der Waals surface area contributed by atoms with Crippen molar-refractivity contribution in [2.75, 3.05) is 26.7 Å². The van der Waals surface area contributed by atoms with E-state index in [0.717, 1.165) is 32.4 Å². The fourth-order valence-electron chi connectivity index (χ4n) is 3.18. The van der Waals surface area contributed by atoms with Crippen molar-refractivity contribution in [3.8, 4) is 5.75 Å². The maximum absolute atomic E-state index is 13.2. The molecule has 1 N–H and O–H groups in total. The predicted molar refractivity (Wildman–Crippen MR) is 106 cm³/mol. The lowest BCUT2D eigenvalue weighted by atomic mass is 10.1. The van der Waals surface area contributed by atoms with Gasteiger partial charge in [-0.3, -0.25) is 0 Å². The van der Waals surface area contributed by atoms with Crippen LogP contribution in [0.5, 0.6) is 5.75 Å². The summed E-state index contributed by atoms with van der Waals surface area (Å²) in [7, 11) is -2.05. The topological polar surface area (TPSA) is 75.7 Å². The zero-order valence-corrected chi connectivity index (χ0v) is 16.9. The second-order valence-corrected chi connectivity index (χ2v) is 9.78. The normalized spacial score (nSPS) is 16.0. The Bertz CT molecular complexity index is 842. The summed E-state index contributed by atoms with van der Waals surface area (Å²) in [5.41, 5.74) is 0.628. The van der Waals surface area contributed by atoms with E-state index < -0.39 is 15.1 Å². The average molecular weight is 409 g/mol. The van der Waals surface area contributed by atoms with E-state index in [1.807, 2.05) is 0 Å². The number of carbonyl (C=O) groups excluding carboxylic acids is 1. The molecule has 2 amide bonds. The molecule has 1 aromatic carbocycles. The minimum Gasteiger partial charge on any atom is -0.497 e. The summed E-state index contributed by atoms with van der Waals surface area (Å²) < 4.78 is 31.8. The van der Waals surface area contributed by atoms with E-state index in [9.17, 15) is 13.2 Å². The maximum atomic E-state index is 13.2. The number of hydrogen-bond acceptors (Lipinski definition) is 5. The fourth-order valence-corrected chi connectivity index (χ4v) is 6.05. The molecule has 8 heteroatoms. The zero-order valence-electron chi connectivity index (χ0n) is 15.3. The molecule has 1 aliphatic rings. The molecule has 0 bridgehead atoms. The van der Waals surface area contributed by atoms with Crippen molar-refractivity contribution in [1.82, 2.24) is 10.2 Å². The highest BCUT2D eigenvalue weighted by molar-refractivity contribution is 7.93. The second-order valence-electron chi connectivity index (χ2n) is 6.47. The molecule has 0 unspecified atom stereocenters. The first-order chi connectivity index (χ1) is 13.0. The molecular weight excluding hydrogens is 384 g/mol. The average Bonchev–Trinajstić information content (AvgIpc) is 3.25. The number of amides is 2. The molecule has 3 rings (SSSR count).